The highest BCUT2D eigenvalue weighted by Crippen LogP contribution is 2.33. The van der Waals surface area contributed by atoms with Crippen molar-refractivity contribution in [2.75, 3.05) is 58.4 Å². The smallest absolute Gasteiger partial charge is 0.322 e. The fraction of sp³-hybridized carbons (Fsp3) is 0.300. The summed E-state index contributed by atoms with van der Waals surface area (Å²) in [6, 6.07) is 20.0. The molecule has 4 aromatic rings. The van der Waals surface area contributed by atoms with Crippen molar-refractivity contribution in [2.24, 2.45) is 0 Å². The van der Waals surface area contributed by atoms with Crippen LogP contribution >= 0.6 is 0 Å². The molecule has 0 bridgehead atoms. The van der Waals surface area contributed by atoms with E-state index in [-0.39, 0.29) is 6.61 Å². The predicted octanol–water partition coefficient (Wildman–Crippen LogP) is 2.86. The summed E-state index contributed by atoms with van der Waals surface area (Å²) in [6.45, 7) is 6.25. The summed E-state index contributed by atoms with van der Waals surface area (Å²) in [5.74, 6) is 6.13. The highest BCUT2D eigenvalue weighted by atomic mass is 16.7. The number of aromatic nitrogens is 3. The number of aliphatic hydroxyl groups excluding tert-OH is 1. The molecule has 2 aromatic heterocycles. The van der Waals surface area contributed by atoms with Crippen LogP contribution in [0.15, 0.2) is 60.7 Å². The molecule has 0 unspecified atom stereocenters. The third-order valence-corrected chi connectivity index (χ3v) is 6.95. The second-order valence-electron chi connectivity index (χ2n) is 9.43. The van der Waals surface area contributed by atoms with E-state index in [1.807, 2.05) is 53.9 Å². The Morgan fingerprint density at radius 2 is 1.79 bits per heavy atom. The molecule has 9 heteroatoms. The van der Waals surface area contributed by atoms with E-state index >= 15 is 0 Å². The third kappa shape index (κ3) is 5.64. The van der Waals surface area contributed by atoms with Crippen molar-refractivity contribution < 1.29 is 14.7 Å². The molecule has 39 heavy (non-hydrogen) atoms. The molecular formula is C30H32N6O3. The number of anilines is 1. The molecule has 5 rings (SSSR count). The zero-order valence-electron chi connectivity index (χ0n) is 22.5. The van der Waals surface area contributed by atoms with Crippen LogP contribution in [0.1, 0.15) is 11.3 Å². The monoisotopic (exact) mass is 524 g/mol. The van der Waals surface area contributed by atoms with Crippen molar-refractivity contribution in [2.45, 2.75) is 6.92 Å². The predicted molar refractivity (Wildman–Crippen MR) is 151 cm³/mol. The Bertz CT molecular complexity index is 1530. The van der Waals surface area contributed by atoms with E-state index in [4.69, 9.17) is 14.9 Å². The number of rotatable bonds is 6. The van der Waals surface area contributed by atoms with Gasteiger partial charge in [-0.25, -0.2) is 10.0 Å². The van der Waals surface area contributed by atoms with Crippen LogP contribution in [0.4, 0.5) is 5.82 Å². The van der Waals surface area contributed by atoms with Crippen molar-refractivity contribution in [3.05, 3.63) is 71.9 Å². The van der Waals surface area contributed by atoms with Crippen LogP contribution < -0.4 is 4.90 Å². The average molecular weight is 525 g/mol. The second-order valence-corrected chi connectivity index (χ2v) is 9.43. The van der Waals surface area contributed by atoms with Gasteiger partial charge in [0.15, 0.2) is 5.65 Å². The van der Waals surface area contributed by atoms with E-state index in [9.17, 15) is 9.90 Å². The van der Waals surface area contributed by atoms with E-state index in [0.29, 0.717) is 12.1 Å². The lowest BCUT2D eigenvalue weighted by Gasteiger charge is -2.35. The molecule has 0 saturated carbocycles. The molecule has 2 aromatic carbocycles. The van der Waals surface area contributed by atoms with Crippen LogP contribution in [0, 0.1) is 18.8 Å². The molecule has 1 saturated heterocycles. The summed E-state index contributed by atoms with van der Waals surface area (Å²) in [6.07, 6.45) is 0. The van der Waals surface area contributed by atoms with Gasteiger partial charge in [-0.3, -0.25) is 14.5 Å². The highest BCUT2D eigenvalue weighted by Gasteiger charge is 2.23. The molecule has 200 valence electrons. The number of fused-ring (bicyclic) bond motifs is 1. The maximum atomic E-state index is 12.1. The Labute approximate surface area is 228 Å². The normalized spacial score (nSPS) is 13.8. The lowest BCUT2D eigenvalue weighted by molar-refractivity contribution is -0.161. The molecule has 9 nitrogen and oxygen atoms in total. The molecule has 0 atom stereocenters. The van der Waals surface area contributed by atoms with Crippen LogP contribution in [-0.4, -0.2) is 89.1 Å². The Morgan fingerprint density at radius 3 is 2.51 bits per heavy atom. The van der Waals surface area contributed by atoms with Gasteiger partial charge in [0.1, 0.15) is 5.82 Å². The number of hydrogen-bond acceptors (Lipinski definition) is 7. The number of nitrogens with zero attached hydrogens (tertiary/aromatic N) is 6. The number of carbonyl (C=O) groups is 1. The molecule has 0 radical (unpaired) electrons. The largest absolute Gasteiger partial charge is 0.395 e. The quantitative estimate of drug-likeness (QED) is 0.307. The average Bonchev–Trinajstić information content (AvgIpc) is 3.31. The number of hydrogen-bond donors (Lipinski definition) is 1. The minimum Gasteiger partial charge on any atom is -0.395 e. The van der Waals surface area contributed by atoms with Gasteiger partial charge in [-0.2, -0.15) is 9.61 Å². The van der Waals surface area contributed by atoms with Crippen LogP contribution in [0.2, 0.25) is 0 Å². The van der Waals surface area contributed by atoms with E-state index in [0.717, 1.165) is 70.8 Å². The first kappa shape index (κ1) is 26.4. The Morgan fingerprint density at radius 1 is 1.05 bits per heavy atom. The number of hydroxylamine groups is 2. The van der Waals surface area contributed by atoms with Crippen molar-refractivity contribution in [3.63, 3.8) is 0 Å². The van der Waals surface area contributed by atoms with E-state index in [1.165, 1.54) is 14.2 Å². The Balaban J connectivity index is 1.60. The SMILES string of the molecule is CON(C)C(=O)C#Cc1cccc(-c2c(C)nn3c(N4CCN(CCO)CC4)cc(-c4ccccc4)nc23)c1. The molecule has 0 spiro atoms. The lowest BCUT2D eigenvalue weighted by Crippen LogP contribution is -2.47. The zero-order valence-corrected chi connectivity index (χ0v) is 22.5. The van der Waals surface area contributed by atoms with Crippen LogP contribution in [0.5, 0.6) is 0 Å². The highest BCUT2D eigenvalue weighted by molar-refractivity contribution is 5.93. The first-order valence-corrected chi connectivity index (χ1v) is 13.0. The molecule has 1 aliphatic rings. The summed E-state index contributed by atoms with van der Waals surface area (Å²) in [5, 5.41) is 15.4. The molecule has 1 N–H and O–H groups in total. The topological polar surface area (TPSA) is 86.4 Å². The van der Waals surface area contributed by atoms with E-state index in [1.54, 1.807) is 0 Å². The maximum Gasteiger partial charge on any atom is 0.322 e. The molecule has 1 amide bonds. The van der Waals surface area contributed by atoms with Gasteiger partial charge in [-0.05, 0) is 24.6 Å². The summed E-state index contributed by atoms with van der Waals surface area (Å²) < 4.78 is 1.94. The van der Waals surface area contributed by atoms with Gasteiger partial charge in [0.2, 0.25) is 0 Å². The third-order valence-electron chi connectivity index (χ3n) is 6.95. The van der Waals surface area contributed by atoms with Gasteiger partial charge in [0.25, 0.3) is 0 Å². The van der Waals surface area contributed by atoms with Gasteiger partial charge in [0.05, 0.1) is 25.1 Å². The fourth-order valence-corrected chi connectivity index (χ4v) is 4.81. The first-order valence-electron chi connectivity index (χ1n) is 13.0. The number of piperazine rings is 1. The summed E-state index contributed by atoms with van der Waals surface area (Å²) in [4.78, 5) is 26.7. The van der Waals surface area contributed by atoms with Gasteiger partial charge in [0, 0.05) is 68.4 Å². The van der Waals surface area contributed by atoms with Gasteiger partial charge in [-0.1, -0.05) is 48.4 Å². The van der Waals surface area contributed by atoms with E-state index in [2.05, 4.69) is 39.8 Å². The molecule has 1 fully saturated rings. The fourth-order valence-electron chi connectivity index (χ4n) is 4.81. The van der Waals surface area contributed by atoms with Crippen molar-refractivity contribution in [1.82, 2.24) is 24.6 Å². The number of aliphatic hydroxyl groups is 1. The van der Waals surface area contributed by atoms with Crippen molar-refractivity contribution in [1.29, 1.82) is 0 Å². The number of amides is 1. The van der Waals surface area contributed by atoms with Gasteiger partial charge < -0.3 is 10.0 Å². The van der Waals surface area contributed by atoms with Crippen LogP contribution in [0.3, 0.4) is 0 Å². The summed E-state index contributed by atoms with van der Waals surface area (Å²) >= 11 is 0. The van der Waals surface area contributed by atoms with Crippen molar-refractivity contribution >= 4 is 17.4 Å². The molecular weight excluding hydrogens is 492 g/mol. The van der Waals surface area contributed by atoms with Gasteiger partial charge in [-0.15, -0.1) is 0 Å². The number of aryl methyl sites for hydroxylation is 1. The number of carbonyl (C=O) groups excluding carboxylic acids is 1. The number of β-amino-alcohol motifs (C(OH)–C–C–N with tert-alkyl or cyclic N) is 1. The lowest BCUT2D eigenvalue weighted by atomic mass is 10.0. The first-order chi connectivity index (χ1) is 19.0. The van der Waals surface area contributed by atoms with Crippen LogP contribution in [-0.2, 0) is 9.63 Å². The Hall–Kier alpha value is -4.23. The zero-order chi connectivity index (χ0) is 27.4. The Kier molecular flexibility index (Phi) is 7.89. The second kappa shape index (κ2) is 11.7. The van der Waals surface area contributed by atoms with Gasteiger partial charge >= 0.3 is 5.91 Å². The minimum atomic E-state index is -0.423. The maximum absolute atomic E-state index is 12.1. The van der Waals surface area contributed by atoms with Crippen molar-refractivity contribution in [3.8, 4) is 34.2 Å². The van der Waals surface area contributed by atoms with E-state index < -0.39 is 5.91 Å². The summed E-state index contributed by atoms with van der Waals surface area (Å²) in [5.41, 5.74) is 6.10. The molecule has 3 heterocycles. The van der Waals surface area contributed by atoms with Crippen LogP contribution in [0.25, 0.3) is 28.0 Å². The number of benzene rings is 2. The molecule has 1 aliphatic heterocycles. The summed E-state index contributed by atoms with van der Waals surface area (Å²) in [7, 11) is 2.95. The molecule has 0 aliphatic carbocycles. The standard InChI is InChI=1S/C30H32N6O3/c1-22-29(25-11-7-8-23(20-25)12-13-28(38)33(2)39-3)30-31-26(24-9-5-4-6-10-24)21-27(36(30)32-22)35-16-14-34(15-17-35)18-19-37/h4-11,20-21,37H,14-19H2,1-3H3. The minimum absolute atomic E-state index is 0.167.